The first kappa shape index (κ1) is 9.58. The van der Waals surface area contributed by atoms with Gasteiger partial charge in [-0.1, -0.05) is 18.6 Å². The van der Waals surface area contributed by atoms with E-state index in [1.165, 1.54) is 0 Å². The smallest absolute Gasteiger partial charge is 0.258 e. The monoisotopic (exact) mass is 215 g/mol. The summed E-state index contributed by atoms with van der Waals surface area (Å²) in [5.74, 6) is -0.355. The van der Waals surface area contributed by atoms with Crippen LogP contribution in [0.5, 0.6) is 0 Å². The van der Waals surface area contributed by atoms with Crippen molar-refractivity contribution in [3.05, 3.63) is 34.9 Å². The Hall–Kier alpha value is -1.64. The van der Waals surface area contributed by atoms with Crippen molar-refractivity contribution < 1.29 is 9.59 Å². The average Bonchev–Trinajstić information content (AvgIpc) is 2.17. The molecule has 1 aromatic rings. The second kappa shape index (κ2) is 2.94. The van der Waals surface area contributed by atoms with Crippen molar-refractivity contribution in [3.8, 4) is 0 Å². The van der Waals surface area contributed by atoms with E-state index in [9.17, 15) is 9.59 Å². The van der Waals surface area contributed by atoms with Crippen molar-refractivity contribution in [2.45, 2.75) is 31.6 Å². The summed E-state index contributed by atoms with van der Waals surface area (Å²) < 4.78 is 0. The van der Waals surface area contributed by atoms with Crippen LogP contribution in [0.4, 0.5) is 0 Å². The fourth-order valence-corrected chi connectivity index (χ4v) is 2.90. The van der Waals surface area contributed by atoms with Crippen molar-refractivity contribution in [2.24, 2.45) is 0 Å². The highest BCUT2D eigenvalue weighted by molar-refractivity contribution is 6.13. The molecule has 16 heavy (non-hydrogen) atoms. The van der Waals surface area contributed by atoms with E-state index in [0.717, 1.165) is 30.4 Å². The van der Waals surface area contributed by atoms with Gasteiger partial charge in [-0.3, -0.25) is 14.9 Å². The number of nitrogens with one attached hydrogen (secondary N) is 1. The Morgan fingerprint density at radius 1 is 1.25 bits per heavy atom. The molecule has 0 unspecified atom stereocenters. The van der Waals surface area contributed by atoms with Crippen molar-refractivity contribution in [1.29, 1.82) is 0 Å². The lowest BCUT2D eigenvalue weighted by Gasteiger charge is -2.44. The van der Waals surface area contributed by atoms with Crippen molar-refractivity contribution in [2.75, 3.05) is 0 Å². The molecular formula is C13H13NO2. The number of hydrogen-bond acceptors (Lipinski definition) is 2. The highest BCUT2D eigenvalue weighted by atomic mass is 16.2. The number of carbonyl (C=O) groups is 2. The molecule has 1 spiro atoms. The standard InChI is InChI=1S/C13H13NO2/c1-8-4-2-5-9-10(8)13(6-3-7-13)12(16)14-11(9)15/h2,4-5H,3,6-7H2,1H3,(H,14,15,16). The van der Waals surface area contributed by atoms with Gasteiger partial charge in [0.2, 0.25) is 5.91 Å². The fraction of sp³-hybridized carbons (Fsp3) is 0.385. The van der Waals surface area contributed by atoms with E-state index in [2.05, 4.69) is 5.32 Å². The molecule has 0 bridgehead atoms. The van der Waals surface area contributed by atoms with Crippen LogP contribution in [-0.4, -0.2) is 11.8 Å². The Morgan fingerprint density at radius 2 is 2.00 bits per heavy atom. The molecule has 2 aliphatic rings. The summed E-state index contributed by atoms with van der Waals surface area (Å²) in [5, 5.41) is 2.48. The summed E-state index contributed by atoms with van der Waals surface area (Å²) in [5.41, 5.74) is 2.30. The summed E-state index contributed by atoms with van der Waals surface area (Å²) in [6, 6.07) is 5.66. The van der Waals surface area contributed by atoms with Gasteiger partial charge in [-0.05, 0) is 37.0 Å². The van der Waals surface area contributed by atoms with Gasteiger partial charge in [0, 0.05) is 5.56 Å². The minimum absolute atomic E-state index is 0.106. The predicted octanol–water partition coefficient (Wildman–Crippen LogP) is 1.69. The van der Waals surface area contributed by atoms with Gasteiger partial charge in [0.15, 0.2) is 0 Å². The molecule has 1 fully saturated rings. The minimum atomic E-state index is -0.408. The average molecular weight is 215 g/mol. The van der Waals surface area contributed by atoms with Crippen molar-refractivity contribution in [3.63, 3.8) is 0 Å². The molecule has 0 atom stereocenters. The third-order valence-corrected chi connectivity index (χ3v) is 3.86. The van der Waals surface area contributed by atoms with Crippen LogP contribution in [0, 0.1) is 6.92 Å². The van der Waals surface area contributed by atoms with Crippen LogP contribution >= 0.6 is 0 Å². The molecule has 1 aliphatic heterocycles. The molecule has 82 valence electrons. The van der Waals surface area contributed by atoms with Gasteiger partial charge in [-0.15, -0.1) is 0 Å². The third-order valence-electron chi connectivity index (χ3n) is 3.86. The van der Waals surface area contributed by atoms with Gasteiger partial charge in [0.05, 0.1) is 5.41 Å². The summed E-state index contributed by atoms with van der Waals surface area (Å²) in [4.78, 5) is 23.7. The maximum absolute atomic E-state index is 12.0. The van der Waals surface area contributed by atoms with Crippen LogP contribution < -0.4 is 5.32 Å². The van der Waals surface area contributed by atoms with E-state index in [0.29, 0.717) is 5.56 Å². The van der Waals surface area contributed by atoms with Gasteiger partial charge >= 0.3 is 0 Å². The van der Waals surface area contributed by atoms with E-state index in [-0.39, 0.29) is 11.8 Å². The zero-order chi connectivity index (χ0) is 11.3. The number of fused-ring (bicyclic) bond motifs is 2. The van der Waals surface area contributed by atoms with Crippen LogP contribution in [0.3, 0.4) is 0 Å². The predicted molar refractivity (Wildman–Crippen MR) is 59.2 cm³/mol. The normalized spacial score (nSPS) is 21.3. The molecule has 3 nitrogen and oxygen atoms in total. The zero-order valence-electron chi connectivity index (χ0n) is 9.17. The fourth-order valence-electron chi connectivity index (χ4n) is 2.90. The summed E-state index contributed by atoms with van der Waals surface area (Å²) in [6.07, 6.45) is 2.79. The number of aryl methyl sites for hydroxylation is 1. The second-order valence-corrected chi connectivity index (χ2v) is 4.72. The molecule has 1 aliphatic carbocycles. The summed E-state index contributed by atoms with van der Waals surface area (Å²) in [6.45, 7) is 1.98. The van der Waals surface area contributed by atoms with Gasteiger partial charge < -0.3 is 0 Å². The van der Waals surface area contributed by atoms with Crippen molar-refractivity contribution in [1.82, 2.24) is 5.32 Å². The zero-order valence-corrected chi connectivity index (χ0v) is 9.17. The lowest BCUT2D eigenvalue weighted by Crippen LogP contribution is -2.55. The van der Waals surface area contributed by atoms with Crippen LogP contribution in [-0.2, 0) is 10.2 Å². The Balaban J connectivity index is 2.29. The van der Waals surface area contributed by atoms with Crippen LogP contribution in [0.2, 0.25) is 0 Å². The summed E-state index contributed by atoms with van der Waals surface area (Å²) >= 11 is 0. The van der Waals surface area contributed by atoms with E-state index >= 15 is 0 Å². The number of rotatable bonds is 0. The van der Waals surface area contributed by atoms with Gasteiger partial charge in [0.1, 0.15) is 0 Å². The molecule has 0 aromatic heterocycles. The molecular weight excluding hydrogens is 202 g/mol. The number of amides is 2. The molecule has 0 saturated heterocycles. The van der Waals surface area contributed by atoms with Gasteiger partial charge in [-0.25, -0.2) is 0 Å². The maximum Gasteiger partial charge on any atom is 0.258 e. The quantitative estimate of drug-likeness (QED) is 0.669. The second-order valence-electron chi connectivity index (χ2n) is 4.72. The van der Waals surface area contributed by atoms with Crippen LogP contribution in [0.25, 0.3) is 0 Å². The SMILES string of the molecule is Cc1cccc2c1C1(CCC1)C(=O)NC2=O. The molecule has 1 saturated carbocycles. The van der Waals surface area contributed by atoms with Crippen LogP contribution in [0.1, 0.15) is 40.7 Å². The van der Waals surface area contributed by atoms with Crippen LogP contribution in [0.15, 0.2) is 18.2 Å². The van der Waals surface area contributed by atoms with Gasteiger partial charge in [-0.2, -0.15) is 0 Å². The molecule has 1 N–H and O–H groups in total. The topological polar surface area (TPSA) is 46.2 Å². The molecule has 3 rings (SSSR count). The molecule has 2 amide bonds. The van der Waals surface area contributed by atoms with E-state index < -0.39 is 5.41 Å². The Labute approximate surface area is 93.8 Å². The molecule has 1 heterocycles. The number of hydrogen-bond donors (Lipinski definition) is 1. The Kier molecular flexibility index (Phi) is 1.76. The number of carbonyl (C=O) groups excluding carboxylic acids is 2. The molecule has 3 heteroatoms. The summed E-state index contributed by atoms with van der Waals surface area (Å²) in [7, 11) is 0. The minimum Gasteiger partial charge on any atom is -0.292 e. The first-order valence-corrected chi connectivity index (χ1v) is 5.61. The lowest BCUT2D eigenvalue weighted by molar-refractivity contribution is -0.129. The first-order valence-electron chi connectivity index (χ1n) is 5.61. The largest absolute Gasteiger partial charge is 0.292 e. The van der Waals surface area contributed by atoms with Crippen molar-refractivity contribution >= 4 is 11.8 Å². The highest BCUT2D eigenvalue weighted by Crippen LogP contribution is 2.48. The molecule has 0 radical (unpaired) electrons. The third kappa shape index (κ3) is 0.979. The Morgan fingerprint density at radius 3 is 2.62 bits per heavy atom. The first-order chi connectivity index (χ1) is 7.65. The number of benzene rings is 1. The van der Waals surface area contributed by atoms with Gasteiger partial charge in [0.25, 0.3) is 5.91 Å². The Bertz CT molecular complexity index is 501. The van der Waals surface area contributed by atoms with E-state index in [1.54, 1.807) is 0 Å². The molecule has 1 aromatic carbocycles. The highest BCUT2D eigenvalue weighted by Gasteiger charge is 2.51. The lowest BCUT2D eigenvalue weighted by atomic mass is 9.60. The maximum atomic E-state index is 12.0. The van der Waals surface area contributed by atoms with E-state index in [4.69, 9.17) is 0 Å². The van der Waals surface area contributed by atoms with E-state index in [1.807, 2.05) is 25.1 Å². The number of imide groups is 1.